The van der Waals surface area contributed by atoms with Gasteiger partial charge in [-0.2, -0.15) is 0 Å². The second-order valence-corrected chi connectivity index (χ2v) is 12.6. The second-order valence-electron chi connectivity index (χ2n) is 12.6. The van der Waals surface area contributed by atoms with Crippen molar-refractivity contribution in [3.05, 3.63) is 88.0 Å². The Bertz CT molecular complexity index is 1810. The van der Waals surface area contributed by atoms with E-state index >= 15 is 0 Å². The number of methoxy groups -OCH3 is 4. The third-order valence-electron chi connectivity index (χ3n) is 9.97. The minimum absolute atomic E-state index is 0.0767. The van der Waals surface area contributed by atoms with Gasteiger partial charge in [-0.25, -0.2) is 0 Å². The lowest BCUT2D eigenvalue weighted by molar-refractivity contribution is 0.216. The van der Waals surface area contributed by atoms with Crippen molar-refractivity contribution in [1.29, 1.82) is 0 Å². The number of phenolic OH excluding ortho intramolecular Hbond substituents is 1. The first-order valence-electron chi connectivity index (χ1n) is 16.1. The van der Waals surface area contributed by atoms with Crippen molar-refractivity contribution in [3.8, 4) is 51.7 Å². The molecule has 4 heterocycles. The van der Waals surface area contributed by atoms with E-state index in [1.165, 1.54) is 23.8 Å². The Hall–Kier alpha value is -4.60. The summed E-state index contributed by atoms with van der Waals surface area (Å²) in [5.74, 6) is 4.44. The maximum Gasteiger partial charge on any atom is 0.208 e. The molecule has 0 spiro atoms. The molecule has 47 heavy (non-hydrogen) atoms. The van der Waals surface area contributed by atoms with Crippen LogP contribution in [0.5, 0.6) is 51.7 Å². The van der Waals surface area contributed by atoms with Gasteiger partial charge in [-0.3, -0.25) is 9.80 Å². The Labute approximate surface area is 276 Å². The maximum atomic E-state index is 11.6. The monoisotopic (exact) mass is 638 g/mol. The highest BCUT2D eigenvalue weighted by Crippen LogP contribution is 2.56. The maximum absolute atomic E-state index is 11.6. The second kappa shape index (κ2) is 12.5. The summed E-state index contributed by atoms with van der Waals surface area (Å²) in [7, 11) is 10.7. The van der Waals surface area contributed by atoms with Crippen LogP contribution in [0.15, 0.2) is 54.6 Å². The fourth-order valence-corrected chi connectivity index (χ4v) is 7.38. The molecule has 0 saturated heterocycles. The van der Waals surface area contributed by atoms with E-state index in [1.807, 2.05) is 24.3 Å². The Morgan fingerprint density at radius 2 is 1.34 bits per heavy atom. The molecule has 0 aromatic heterocycles. The molecule has 9 nitrogen and oxygen atoms in total. The number of benzene rings is 4. The van der Waals surface area contributed by atoms with E-state index in [0.29, 0.717) is 47.3 Å². The highest BCUT2D eigenvalue weighted by molar-refractivity contribution is 5.69. The molecule has 4 aromatic carbocycles. The van der Waals surface area contributed by atoms with E-state index in [0.717, 1.165) is 48.4 Å². The van der Waals surface area contributed by atoms with E-state index in [1.54, 1.807) is 21.3 Å². The number of hydrogen-bond acceptors (Lipinski definition) is 9. The number of rotatable bonds is 4. The zero-order valence-electron chi connectivity index (χ0n) is 27.9. The molecule has 8 rings (SSSR count). The topological polar surface area (TPSA) is 82.1 Å². The highest BCUT2D eigenvalue weighted by Gasteiger charge is 2.37. The Balaban J connectivity index is 1.49. The van der Waals surface area contributed by atoms with Crippen molar-refractivity contribution in [2.75, 3.05) is 55.6 Å². The van der Waals surface area contributed by atoms with E-state index in [2.05, 4.69) is 54.2 Å². The van der Waals surface area contributed by atoms with Crippen molar-refractivity contribution in [2.45, 2.75) is 37.8 Å². The molecule has 4 aliphatic heterocycles. The predicted octanol–water partition coefficient (Wildman–Crippen LogP) is 6.87. The third-order valence-corrected chi connectivity index (χ3v) is 9.97. The average Bonchev–Trinajstić information content (AvgIpc) is 3.08. The number of hydrogen-bond donors (Lipinski definition) is 1. The highest BCUT2D eigenvalue weighted by atomic mass is 16.5. The summed E-state index contributed by atoms with van der Waals surface area (Å²) < 4.78 is 36.8. The normalized spacial score (nSPS) is 19.0. The van der Waals surface area contributed by atoms with Gasteiger partial charge in [0.05, 0.1) is 28.4 Å². The molecule has 2 atom stereocenters. The number of nitrogens with zero attached hydrogens (tertiary/aromatic N) is 2. The minimum Gasteiger partial charge on any atom is -0.504 e. The van der Waals surface area contributed by atoms with Crippen LogP contribution in [0.3, 0.4) is 0 Å². The SMILES string of the molecule is COc1ccc2cc1Oc1ccc(cc1)CC1c3cc(c(OC)cc3CCN1C)Oc1c(OC)c(OC)c(O)c3c1[C@H](C2)N(C)CC3. The lowest BCUT2D eigenvalue weighted by atomic mass is 9.86. The van der Waals surface area contributed by atoms with Crippen molar-refractivity contribution in [3.63, 3.8) is 0 Å². The smallest absolute Gasteiger partial charge is 0.208 e. The van der Waals surface area contributed by atoms with Gasteiger partial charge in [-0.05, 0) is 98.4 Å². The first-order chi connectivity index (χ1) is 22.8. The third kappa shape index (κ3) is 5.47. The summed E-state index contributed by atoms with van der Waals surface area (Å²) in [6.07, 6.45) is 2.95. The lowest BCUT2D eigenvalue weighted by Crippen LogP contribution is -2.34. The number of phenols is 1. The summed E-state index contributed by atoms with van der Waals surface area (Å²) in [6, 6.07) is 18.5. The molecule has 4 aromatic rings. The molecule has 246 valence electrons. The largest absolute Gasteiger partial charge is 0.504 e. The molecule has 0 radical (unpaired) electrons. The lowest BCUT2D eigenvalue weighted by Gasteiger charge is -2.38. The number of fused-ring (bicyclic) bond motifs is 2. The molecule has 1 N–H and O–H groups in total. The van der Waals surface area contributed by atoms with Crippen LogP contribution in [-0.4, -0.2) is 70.5 Å². The summed E-state index contributed by atoms with van der Waals surface area (Å²) >= 11 is 0. The molecule has 0 aliphatic carbocycles. The van der Waals surface area contributed by atoms with Crippen LogP contribution in [0.25, 0.3) is 0 Å². The first-order valence-corrected chi connectivity index (χ1v) is 16.1. The summed E-state index contributed by atoms with van der Waals surface area (Å²) in [6.45, 7) is 1.67. The van der Waals surface area contributed by atoms with Gasteiger partial charge in [0.2, 0.25) is 11.5 Å². The van der Waals surface area contributed by atoms with Crippen molar-refractivity contribution >= 4 is 0 Å². The minimum atomic E-state index is -0.165. The van der Waals surface area contributed by atoms with Crippen LogP contribution in [0, 0.1) is 0 Å². The standard InChI is InChI=1S/C38H42N2O7/c1-39-15-13-24-20-31(43-4)33-21-27(24)28(39)17-22-7-10-25(11-8-22)46-32-19-23(9-12-30(32)42-3)18-29-34-26(14-16-40(29)2)35(41)37(44-5)38(45-6)36(34)47-33/h7-12,19-21,28-29,41H,13-18H2,1-6H3/t28?,29-/m0/s1. The van der Waals surface area contributed by atoms with Gasteiger partial charge in [0.25, 0.3) is 0 Å². The summed E-state index contributed by atoms with van der Waals surface area (Å²) in [5.41, 5.74) is 6.33. The van der Waals surface area contributed by atoms with Gasteiger partial charge in [0, 0.05) is 36.3 Å². The molecular weight excluding hydrogens is 596 g/mol. The zero-order valence-corrected chi connectivity index (χ0v) is 27.9. The van der Waals surface area contributed by atoms with E-state index in [9.17, 15) is 5.11 Å². The van der Waals surface area contributed by atoms with Gasteiger partial charge in [0.1, 0.15) is 5.75 Å². The average molecular weight is 639 g/mol. The molecule has 0 saturated carbocycles. The van der Waals surface area contributed by atoms with Crippen LogP contribution >= 0.6 is 0 Å². The van der Waals surface area contributed by atoms with Gasteiger partial charge in [0.15, 0.2) is 34.5 Å². The number of ether oxygens (including phenoxy) is 6. The van der Waals surface area contributed by atoms with Crippen molar-refractivity contribution < 1.29 is 33.5 Å². The van der Waals surface area contributed by atoms with Crippen molar-refractivity contribution in [2.24, 2.45) is 0 Å². The Morgan fingerprint density at radius 1 is 0.681 bits per heavy atom. The Kier molecular flexibility index (Phi) is 8.28. The molecule has 6 bridgehead atoms. The zero-order chi connectivity index (χ0) is 32.8. The van der Waals surface area contributed by atoms with Gasteiger partial charge >= 0.3 is 0 Å². The summed E-state index contributed by atoms with van der Waals surface area (Å²) in [4.78, 5) is 4.69. The van der Waals surface area contributed by atoms with Crippen molar-refractivity contribution in [1.82, 2.24) is 9.80 Å². The van der Waals surface area contributed by atoms with Crippen LogP contribution in [0.2, 0.25) is 0 Å². The van der Waals surface area contributed by atoms with Gasteiger partial charge in [-0.15, -0.1) is 0 Å². The Morgan fingerprint density at radius 3 is 2.06 bits per heavy atom. The predicted molar refractivity (Wildman–Crippen MR) is 179 cm³/mol. The molecule has 9 heteroatoms. The molecule has 0 amide bonds. The van der Waals surface area contributed by atoms with E-state index < -0.39 is 0 Å². The quantitative estimate of drug-likeness (QED) is 0.258. The molecule has 4 aliphatic rings. The molecule has 1 unspecified atom stereocenters. The van der Waals surface area contributed by atoms with E-state index in [-0.39, 0.29) is 23.6 Å². The number of likely N-dealkylation sites (N-methyl/N-ethyl adjacent to an activating group) is 2. The van der Waals surface area contributed by atoms with Crippen LogP contribution < -0.4 is 28.4 Å². The molecular formula is C38H42N2O7. The molecule has 0 fully saturated rings. The van der Waals surface area contributed by atoms with Crippen LogP contribution in [0.4, 0.5) is 0 Å². The fraction of sp³-hybridized carbons (Fsp3) is 0.368. The fourth-order valence-electron chi connectivity index (χ4n) is 7.38. The van der Waals surface area contributed by atoms with Gasteiger partial charge < -0.3 is 33.5 Å². The van der Waals surface area contributed by atoms with Crippen LogP contribution in [-0.2, 0) is 25.7 Å². The van der Waals surface area contributed by atoms with Gasteiger partial charge in [-0.1, -0.05) is 18.2 Å². The van der Waals surface area contributed by atoms with Crippen LogP contribution in [0.1, 0.15) is 45.5 Å². The van der Waals surface area contributed by atoms with E-state index in [4.69, 9.17) is 28.4 Å². The summed E-state index contributed by atoms with van der Waals surface area (Å²) in [5, 5.41) is 11.6. The number of aromatic hydroxyl groups is 1. The first kappa shape index (κ1) is 31.0.